The fourth-order valence-electron chi connectivity index (χ4n) is 8.16. The Morgan fingerprint density at radius 2 is 0.962 bits per heavy atom. The van der Waals surface area contributed by atoms with E-state index in [4.69, 9.17) is 14.4 Å². The molecule has 0 N–H and O–H groups in total. The number of fused-ring (bicyclic) bond motifs is 7. The molecule has 0 spiro atoms. The van der Waals surface area contributed by atoms with Crippen molar-refractivity contribution in [1.29, 1.82) is 0 Å². The van der Waals surface area contributed by atoms with Gasteiger partial charge in [0.2, 0.25) is 0 Å². The molecule has 0 bridgehead atoms. The van der Waals surface area contributed by atoms with E-state index < -0.39 is 0 Å². The molecule has 1 aliphatic carbocycles. The standard InChI is InChI=1S/C50H30N2O/c1-3-13-31(14-4-1)36-19-7-8-20-38(36)46-30-45(51-50(52-46)32-15-5-2-6-16-32)35-18-11-17-33(27-35)34-25-26-37-40-22-12-23-41-48(40)43(42(37)28-34)29-44-39-21-9-10-24-47(39)53-49(41)44/h1-30H. The molecule has 53 heavy (non-hydrogen) atoms. The van der Waals surface area contributed by atoms with Crippen LogP contribution in [0.15, 0.2) is 186 Å². The van der Waals surface area contributed by atoms with Gasteiger partial charge >= 0.3 is 0 Å². The van der Waals surface area contributed by atoms with Gasteiger partial charge in [0.05, 0.1) is 11.4 Å². The first-order valence-corrected chi connectivity index (χ1v) is 18.0. The summed E-state index contributed by atoms with van der Waals surface area (Å²) in [6.07, 6.45) is 0. The second-order valence-electron chi connectivity index (χ2n) is 13.7. The van der Waals surface area contributed by atoms with Crippen molar-refractivity contribution in [3.8, 4) is 78.4 Å². The van der Waals surface area contributed by atoms with E-state index in [9.17, 15) is 0 Å². The summed E-state index contributed by atoms with van der Waals surface area (Å²) < 4.78 is 6.44. The van der Waals surface area contributed by atoms with Crippen molar-refractivity contribution in [3.63, 3.8) is 0 Å². The van der Waals surface area contributed by atoms with E-state index >= 15 is 0 Å². The second kappa shape index (κ2) is 11.7. The van der Waals surface area contributed by atoms with Gasteiger partial charge in [0.1, 0.15) is 11.2 Å². The normalized spacial score (nSPS) is 11.8. The Balaban J connectivity index is 1.06. The van der Waals surface area contributed by atoms with E-state index in [0.717, 1.165) is 77.7 Å². The molecule has 10 aromatic rings. The highest BCUT2D eigenvalue weighted by molar-refractivity contribution is 6.26. The van der Waals surface area contributed by atoms with Crippen LogP contribution in [0.2, 0.25) is 0 Å². The Morgan fingerprint density at radius 1 is 0.321 bits per heavy atom. The maximum atomic E-state index is 6.44. The van der Waals surface area contributed by atoms with Crippen LogP contribution in [0, 0.1) is 0 Å². The Kier molecular flexibility index (Phi) is 6.55. The maximum absolute atomic E-state index is 6.44. The predicted octanol–water partition coefficient (Wildman–Crippen LogP) is 13.5. The third-order valence-corrected chi connectivity index (χ3v) is 10.6. The van der Waals surface area contributed by atoms with Gasteiger partial charge in [-0.25, -0.2) is 9.97 Å². The van der Waals surface area contributed by atoms with Gasteiger partial charge in [-0.15, -0.1) is 0 Å². The average molecular weight is 675 g/mol. The highest BCUT2D eigenvalue weighted by Gasteiger charge is 2.25. The summed E-state index contributed by atoms with van der Waals surface area (Å²) in [5, 5.41) is 4.73. The summed E-state index contributed by atoms with van der Waals surface area (Å²) in [4.78, 5) is 10.3. The lowest BCUT2D eigenvalue weighted by atomic mass is 9.94. The summed E-state index contributed by atoms with van der Waals surface area (Å²) in [5.41, 5.74) is 16.4. The third kappa shape index (κ3) is 4.75. The van der Waals surface area contributed by atoms with E-state index in [-0.39, 0.29) is 0 Å². The number of para-hydroxylation sites is 1. The highest BCUT2D eigenvalue weighted by Crippen LogP contribution is 2.51. The Labute approximate surface area is 306 Å². The zero-order valence-corrected chi connectivity index (χ0v) is 28.6. The fraction of sp³-hybridized carbons (Fsp3) is 0. The molecule has 246 valence electrons. The second-order valence-corrected chi connectivity index (χ2v) is 13.7. The minimum atomic E-state index is 0.702. The first-order chi connectivity index (χ1) is 26.3. The molecule has 2 aromatic heterocycles. The number of benzene rings is 8. The SMILES string of the molecule is c1ccc(-c2nc(-c3cccc(-c4ccc5c(c4)-c4cc6c7ccccc7oc6c6cccc-5c46)c3)cc(-c3ccccc3-c3ccccc3)n2)cc1. The molecule has 0 amide bonds. The molecule has 2 heterocycles. The Bertz CT molecular complexity index is 3050. The van der Waals surface area contributed by atoms with Gasteiger partial charge in [0.25, 0.3) is 0 Å². The summed E-state index contributed by atoms with van der Waals surface area (Å²) in [6.45, 7) is 0. The molecule has 0 atom stereocenters. The van der Waals surface area contributed by atoms with Gasteiger partial charge in [-0.05, 0) is 74.8 Å². The zero-order valence-electron chi connectivity index (χ0n) is 28.6. The molecule has 8 aromatic carbocycles. The lowest BCUT2D eigenvalue weighted by molar-refractivity contribution is 0.672. The highest BCUT2D eigenvalue weighted by atomic mass is 16.3. The van der Waals surface area contributed by atoms with Crippen molar-refractivity contribution in [3.05, 3.63) is 182 Å². The quantitative estimate of drug-likeness (QED) is 0.182. The lowest BCUT2D eigenvalue weighted by Crippen LogP contribution is -1.97. The van der Waals surface area contributed by atoms with E-state index in [0.29, 0.717) is 5.82 Å². The number of hydrogen-bond acceptors (Lipinski definition) is 3. The van der Waals surface area contributed by atoms with Gasteiger partial charge < -0.3 is 4.42 Å². The van der Waals surface area contributed by atoms with Crippen LogP contribution in [0.4, 0.5) is 0 Å². The van der Waals surface area contributed by atoms with Crippen LogP contribution in [0.3, 0.4) is 0 Å². The first-order valence-electron chi connectivity index (χ1n) is 18.0. The van der Waals surface area contributed by atoms with Gasteiger partial charge in [0, 0.05) is 38.2 Å². The number of furan rings is 1. The molecular formula is C50H30N2O. The molecule has 0 aliphatic heterocycles. The maximum Gasteiger partial charge on any atom is 0.160 e. The van der Waals surface area contributed by atoms with Crippen LogP contribution in [-0.2, 0) is 0 Å². The predicted molar refractivity (Wildman–Crippen MR) is 218 cm³/mol. The zero-order chi connectivity index (χ0) is 34.9. The van der Waals surface area contributed by atoms with Gasteiger partial charge in [-0.2, -0.15) is 0 Å². The molecule has 3 nitrogen and oxygen atoms in total. The minimum Gasteiger partial charge on any atom is -0.455 e. The topological polar surface area (TPSA) is 38.9 Å². The van der Waals surface area contributed by atoms with Crippen molar-refractivity contribution in [2.24, 2.45) is 0 Å². The largest absolute Gasteiger partial charge is 0.455 e. The Hall–Kier alpha value is -7.10. The van der Waals surface area contributed by atoms with Crippen molar-refractivity contribution >= 4 is 32.7 Å². The summed E-state index contributed by atoms with van der Waals surface area (Å²) in [5.74, 6) is 0.702. The lowest BCUT2D eigenvalue weighted by Gasteiger charge is -2.13. The average Bonchev–Trinajstić information content (AvgIpc) is 3.78. The van der Waals surface area contributed by atoms with Crippen molar-refractivity contribution in [1.82, 2.24) is 9.97 Å². The monoisotopic (exact) mass is 674 g/mol. The van der Waals surface area contributed by atoms with Gasteiger partial charge in [-0.3, -0.25) is 0 Å². The number of aromatic nitrogens is 2. The molecule has 3 heteroatoms. The van der Waals surface area contributed by atoms with Crippen LogP contribution >= 0.6 is 0 Å². The molecule has 0 saturated carbocycles. The van der Waals surface area contributed by atoms with Gasteiger partial charge in [-0.1, -0.05) is 152 Å². The fourth-order valence-corrected chi connectivity index (χ4v) is 8.16. The van der Waals surface area contributed by atoms with Crippen LogP contribution < -0.4 is 0 Å². The van der Waals surface area contributed by atoms with E-state index in [1.54, 1.807) is 0 Å². The molecule has 1 aliphatic rings. The van der Waals surface area contributed by atoms with Crippen molar-refractivity contribution < 1.29 is 4.42 Å². The molecule has 0 fully saturated rings. The number of hydrogen-bond donors (Lipinski definition) is 0. The van der Waals surface area contributed by atoms with Crippen molar-refractivity contribution in [2.45, 2.75) is 0 Å². The number of rotatable bonds is 5. The summed E-state index contributed by atoms with van der Waals surface area (Å²) in [7, 11) is 0. The Morgan fingerprint density at radius 3 is 1.83 bits per heavy atom. The summed E-state index contributed by atoms with van der Waals surface area (Å²) in [6, 6.07) is 64.3. The molecule has 0 unspecified atom stereocenters. The van der Waals surface area contributed by atoms with Gasteiger partial charge in [0.15, 0.2) is 5.82 Å². The molecule has 0 saturated heterocycles. The van der Waals surface area contributed by atoms with E-state index in [2.05, 4.69) is 158 Å². The molecular weight excluding hydrogens is 645 g/mol. The first kappa shape index (κ1) is 29.6. The summed E-state index contributed by atoms with van der Waals surface area (Å²) >= 11 is 0. The van der Waals surface area contributed by atoms with Crippen LogP contribution in [0.1, 0.15) is 0 Å². The van der Waals surface area contributed by atoms with Crippen LogP contribution in [0.25, 0.3) is 111 Å². The van der Waals surface area contributed by atoms with E-state index in [1.807, 2.05) is 24.3 Å². The minimum absolute atomic E-state index is 0.702. The molecule has 0 radical (unpaired) electrons. The van der Waals surface area contributed by atoms with Crippen molar-refractivity contribution in [2.75, 3.05) is 0 Å². The number of nitrogens with zero attached hydrogens (tertiary/aromatic N) is 2. The van der Waals surface area contributed by atoms with Crippen LogP contribution in [0.5, 0.6) is 0 Å². The third-order valence-electron chi connectivity index (χ3n) is 10.6. The molecule has 11 rings (SSSR count). The van der Waals surface area contributed by atoms with Crippen LogP contribution in [-0.4, -0.2) is 9.97 Å². The van der Waals surface area contributed by atoms with E-state index in [1.165, 1.54) is 27.6 Å². The smallest absolute Gasteiger partial charge is 0.160 e.